The highest BCUT2D eigenvalue weighted by Crippen LogP contribution is 2.27. The van der Waals surface area contributed by atoms with E-state index in [9.17, 15) is 13.2 Å². The van der Waals surface area contributed by atoms with Gasteiger partial charge in [-0.1, -0.05) is 23.8 Å². The molecule has 0 atom stereocenters. The van der Waals surface area contributed by atoms with Gasteiger partial charge in [-0.25, -0.2) is 8.42 Å². The summed E-state index contributed by atoms with van der Waals surface area (Å²) in [5.74, 6) is -0.243. The summed E-state index contributed by atoms with van der Waals surface area (Å²) in [7, 11) is -2.08. The maximum Gasteiger partial charge on any atom is 0.250 e. The van der Waals surface area contributed by atoms with Crippen molar-refractivity contribution in [2.45, 2.75) is 24.8 Å². The molecule has 0 fully saturated rings. The van der Waals surface area contributed by atoms with Gasteiger partial charge in [0, 0.05) is 25.9 Å². The molecule has 6 nitrogen and oxygen atoms in total. The Morgan fingerprint density at radius 1 is 1.15 bits per heavy atom. The van der Waals surface area contributed by atoms with E-state index in [1.807, 2.05) is 25.1 Å². The molecule has 0 unspecified atom stereocenters. The first kappa shape index (κ1) is 18.6. The molecule has 2 aromatic carbocycles. The summed E-state index contributed by atoms with van der Waals surface area (Å²) in [6.45, 7) is 2.63. The zero-order chi connectivity index (χ0) is 18.7. The van der Waals surface area contributed by atoms with E-state index in [-0.39, 0.29) is 12.5 Å². The van der Waals surface area contributed by atoms with Crippen molar-refractivity contribution < 1.29 is 17.9 Å². The summed E-state index contributed by atoms with van der Waals surface area (Å²) < 4.78 is 32.1. The summed E-state index contributed by atoms with van der Waals surface area (Å²) in [5.41, 5.74) is 3.66. The van der Waals surface area contributed by atoms with Crippen molar-refractivity contribution in [3.05, 3.63) is 59.2 Å². The fourth-order valence-electron chi connectivity index (χ4n) is 3.00. The molecule has 0 aromatic heterocycles. The molecule has 1 N–H and O–H groups in total. The third-order valence-electron chi connectivity index (χ3n) is 4.40. The van der Waals surface area contributed by atoms with Crippen LogP contribution < -0.4 is 5.32 Å². The van der Waals surface area contributed by atoms with Crippen molar-refractivity contribution in [2.75, 3.05) is 25.6 Å². The third kappa shape index (κ3) is 3.95. The number of ether oxygens (including phenoxy) is 1. The second kappa shape index (κ2) is 7.57. The van der Waals surface area contributed by atoms with Crippen LogP contribution in [-0.2, 0) is 32.5 Å². The number of benzene rings is 2. The van der Waals surface area contributed by atoms with E-state index in [2.05, 4.69) is 5.32 Å². The number of nitrogens with one attached hydrogen (secondary N) is 1. The van der Waals surface area contributed by atoms with Crippen LogP contribution in [-0.4, -0.2) is 38.9 Å². The maximum absolute atomic E-state index is 12.9. The predicted octanol–water partition coefficient (Wildman–Crippen LogP) is 2.33. The molecule has 1 aliphatic heterocycles. The van der Waals surface area contributed by atoms with Crippen LogP contribution >= 0.6 is 0 Å². The predicted molar refractivity (Wildman–Crippen MR) is 99.4 cm³/mol. The minimum absolute atomic E-state index is 0.0228. The second-order valence-corrected chi connectivity index (χ2v) is 8.30. The lowest BCUT2D eigenvalue weighted by Crippen LogP contribution is -2.36. The molecule has 0 bridgehead atoms. The quantitative estimate of drug-likeness (QED) is 0.872. The van der Waals surface area contributed by atoms with Gasteiger partial charge in [-0.15, -0.1) is 0 Å². The Bertz CT molecular complexity index is 908. The van der Waals surface area contributed by atoms with E-state index in [0.717, 1.165) is 16.7 Å². The Morgan fingerprint density at radius 3 is 2.58 bits per heavy atom. The highest BCUT2D eigenvalue weighted by Gasteiger charge is 2.28. The zero-order valence-electron chi connectivity index (χ0n) is 14.9. The number of carbonyl (C=O) groups excluding carboxylic acids is 1. The first-order valence-corrected chi connectivity index (χ1v) is 9.81. The molecular formula is C19H22N2O4S. The van der Waals surface area contributed by atoms with Gasteiger partial charge in [-0.3, -0.25) is 4.79 Å². The highest BCUT2D eigenvalue weighted by atomic mass is 32.2. The molecule has 0 radical (unpaired) electrons. The fourth-order valence-corrected chi connectivity index (χ4v) is 4.42. The van der Waals surface area contributed by atoms with Crippen molar-refractivity contribution in [3.63, 3.8) is 0 Å². The number of nitrogens with zero attached hydrogens (tertiary/aromatic N) is 1. The van der Waals surface area contributed by atoms with Gasteiger partial charge in [0.05, 0.1) is 4.90 Å². The lowest BCUT2D eigenvalue weighted by Gasteiger charge is -2.28. The van der Waals surface area contributed by atoms with Crippen molar-refractivity contribution in [1.29, 1.82) is 0 Å². The van der Waals surface area contributed by atoms with Crippen LogP contribution in [0.15, 0.2) is 47.4 Å². The SMILES string of the molecule is COCC(=O)Nc1ccc2c(c1)CN(S(=O)(=O)c1ccc(C)cc1)CC2. The molecule has 0 saturated heterocycles. The van der Waals surface area contributed by atoms with Gasteiger partial charge in [-0.2, -0.15) is 4.31 Å². The minimum Gasteiger partial charge on any atom is -0.375 e. The van der Waals surface area contributed by atoms with E-state index < -0.39 is 10.0 Å². The molecule has 26 heavy (non-hydrogen) atoms. The molecule has 1 amide bonds. The first-order chi connectivity index (χ1) is 12.4. The highest BCUT2D eigenvalue weighted by molar-refractivity contribution is 7.89. The van der Waals surface area contributed by atoms with Crippen molar-refractivity contribution in [1.82, 2.24) is 4.31 Å². The number of fused-ring (bicyclic) bond motifs is 1. The number of aryl methyl sites for hydroxylation is 1. The summed E-state index contributed by atoms with van der Waals surface area (Å²) in [5, 5.41) is 2.75. The van der Waals surface area contributed by atoms with E-state index in [4.69, 9.17) is 4.74 Å². The Balaban J connectivity index is 1.81. The largest absolute Gasteiger partial charge is 0.375 e. The van der Waals surface area contributed by atoms with Crippen LogP contribution in [0.5, 0.6) is 0 Å². The molecule has 2 aromatic rings. The van der Waals surface area contributed by atoms with Crippen LogP contribution in [0.2, 0.25) is 0 Å². The number of hydrogen-bond donors (Lipinski definition) is 1. The number of hydrogen-bond acceptors (Lipinski definition) is 4. The van der Waals surface area contributed by atoms with Crippen molar-refractivity contribution in [2.24, 2.45) is 0 Å². The van der Waals surface area contributed by atoms with Crippen molar-refractivity contribution in [3.8, 4) is 0 Å². The first-order valence-electron chi connectivity index (χ1n) is 8.37. The van der Waals surface area contributed by atoms with E-state index in [1.165, 1.54) is 11.4 Å². The molecule has 138 valence electrons. The van der Waals surface area contributed by atoms with Gasteiger partial charge in [-0.05, 0) is 48.7 Å². The van der Waals surface area contributed by atoms with Gasteiger partial charge >= 0.3 is 0 Å². The lowest BCUT2D eigenvalue weighted by molar-refractivity contribution is -0.119. The topological polar surface area (TPSA) is 75.7 Å². The molecule has 3 rings (SSSR count). The zero-order valence-corrected chi connectivity index (χ0v) is 15.7. The number of rotatable bonds is 5. The molecule has 0 spiro atoms. The Labute approximate surface area is 153 Å². The van der Waals surface area contributed by atoms with Crippen LogP contribution in [0.1, 0.15) is 16.7 Å². The van der Waals surface area contributed by atoms with E-state index in [0.29, 0.717) is 30.1 Å². The van der Waals surface area contributed by atoms with Gasteiger partial charge in [0.15, 0.2) is 0 Å². The van der Waals surface area contributed by atoms with Gasteiger partial charge in [0.1, 0.15) is 6.61 Å². The average Bonchev–Trinajstić information content (AvgIpc) is 2.61. The Hall–Kier alpha value is -2.22. The van der Waals surface area contributed by atoms with Crippen molar-refractivity contribution >= 4 is 21.6 Å². The molecular weight excluding hydrogens is 352 g/mol. The number of methoxy groups -OCH3 is 1. The van der Waals surface area contributed by atoms with Crippen LogP contribution in [0.3, 0.4) is 0 Å². The standard InChI is InChI=1S/C19H22N2O4S/c1-14-3-7-18(8-4-14)26(23,24)21-10-9-15-5-6-17(11-16(15)12-21)20-19(22)13-25-2/h3-8,11H,9-10,12-13H2,1-2H3,(H,20,22). The normalized spacial score (nSPS) is 14.7. The summed E-state index contributed by atoms with van der Waals surface area (Å²) in [4.78, 5) is 12.0. The monoisotopic (exact) mass is 374 g/mol. The summed E-state index contributed by atoms with van der Waals surface area (Å²) in [6, 6.07) is 12.5. The number of sulfonamides is 1. The maximum atomic E-state index is 12.9. The molecule has 1 aliphatic rings. The fraction of sp³-hybridized carbons (Fsp3) is 0.316. The summed E-state index contributed by atoms with van der Waals surface area (Å²) in [6.07, 6.45) is 0.646. The van der Waals surface area contributed by atoms with Crippen LogP contribution in [0.25, 0.3) is 0 Å². The molecule has 7 heteroatoms. The van der Waals surface area contributed by atoms with E-state index in [1.54, 1.807) is 24.3 Å². The third-order valence-corrected chi connectivity index (χ3v) is 6.26. The van der Waals surface area contributed by atoms with E-state index >= 15 is 0 Å². The van der Waals surface area contributed by atoms with Crippen LogP contribution in [0.4, 0.5) is 5.69 Å². The molecule has 0 aliphatic carbocycles. The molecule has 0 saturated carbocycles. The van der Waals surface area contributed by atoms with Gasteiger partial charge in [0.2, 0.25) is 15.9 Å². The number of anilines is 1. The van der Waals surface area contributed by atoms with Crippen LogP contribution in [0, 0.1) is 6.92 Å². The Kier molecular flexibility index (Phi) is 5.41. The molecule has 1 heterocycles. The second-order valence-electron chi connectivity index (χ2n) is 6.37. The number of carbonyl (C=O) groups is 1. The average molecular weight is 374 g/mol. The number of amides is 1. The minimum atomic E-state index is -3.54. The Morgan fingerprint density at radius 2 is 1.88 bits per heavy atom. The smallest absolute Gasteiger partial charge is 0.250 e. The summed E-state index contributed by atoms with van der Waals surface area (Å²) >= 11 is 0. The lowest BCUT2D eigenvalue weighted by atomic mass is 10.0. The van der Waals surface area contributed by atoms with Gasteiger partial charge < -0.3 is 10.1 Å². The van der Waals surface area contributed by atoms with Gasteiger partial charge in [0.25, 0.3) is 0 Å².